The molecule has 0 aliphatic carbocycles. The fraction of sp³-hybridized carbons (Fsp3) is 0.923. The summed E-state index contributed by atoms with van der Waals surface area (Å²) in [4.78, 5) is 14.1. The summed E-state index contributed by atoms with van der Waals surface area (Å²) in [6.07, 6.45) is 2.55. The number of thioether (sulfide) groups is 1. The van der Waals surface area contributed by atoms with E-state index in [1.807, 2.05) is 23.6 Å². The fourth-order valence-corrected chi connectivity index (χ4v) is 3.75. The Morgan fingerprint density at radius 2 is 2.22 bits per heavy atom. The zero-order valence-electron chi connectivity index (χ0n) is 11.4. The van der Waals surface area contributed by atoms with Gasteiger partial charge >= 0.3 is 0 Å². The first-order valence-electron chi connectivity index (χ1n) is 6.85. The van der Waals surface area contributed by atoms with E-state index >= 15 is 0 Å². The largest absolute Gasteiger partial charge is 0.378 e. The first kappa shape index (κ1) is 14.2. The number of nitrogens with zero attached hydrogens (tertiary/aromatic N) is 1. The van der Waals surface area contributed by atoms with E-state index in [1.54, 1.807) is 0 Å². The van der Waals surface area contributed by atoms with Crippen LogP contribution in [0.15, 0.2) is 0 Å². The summed E-state index contributed by atoms with van der Waals surface area (Å²) in [5.41, 5.74) is 0. The molecule has 2 unspecified atom stereocenters. The molecular weight excluding hydrogens is 248 g/mol. The number of ether oxygens (including phenoxy) is 1. The number of hydrogen-bond acceptors (Lipinski definition) is 4. The molecule has 2 aliphatic rings. The predicted molar refractivity (Wildman–Crippen MR) is 75.0 cm³/mol. The topological polar surface area (TPSA) is 41.6 Å². The molecule has 0 aromatic rings. The van der Waals surface area contributed by atoms with E-state index in [4.69, 9.17) is 4.74 Å². The Hall–Kier alpha value is -0.260. The van der Waals surface area contributed by atoms with Gasteiger partial charge in [0.1, 0.15) is 0 Å². The molecule has 1 N–H and O–H groups in total. The third-order valence-corrected chi connectivity index (χ3v) is 5.31. The number of carbonyl (C=O) groups excluding carboxylic acids is 1. The van der Waals surface area contributed by atoms with Crippen LogP contribution in [0.4, 0.5) is 0 Å². The molecular formula is C13H24N2O2S. The van der Waals surface area contributed by atoms with Crippen molar-refractivity contribution in [1.29, 1.82) is 0 Å². The number of carbonyl (C=O) groups is 1. The minimum absolute atomic E-state index is 0.0823. The van der Waals surface area contributed by atoms with Gasteiger partial charge in [-0.05, 0) is 32.4 Å². The lowest BCUT2D eigenvalue weighted by Crippen LogP contribution is -2.51. The van der Waals surface area contributed by atoms with Crippen molar-refractivity contribution in [1.82, 2.24) is 10.2 Å². The fourth-order valence-electron chi connectivity index (χ4n) is 2.49. The van der Waals surface area contributed by atoms with E-state index in [0.717, 1.165) is 19.6 Å². The smallest absolute Gasteiger partial charge is 0.239 e. The van der Waals surface area contributed by atoms with Crippen molar-refractivity contribution in [2.24, 2.45) is 0 Å². The SMILES string of the molecule is CC(NCC1(C)CCCS1)C(=O)N1CCOCC1. The standard InChI is InChI=1S/C13H24N2O2S/c1-11(12(16)15-5-7-17-8-6-15)14-10-13(2)4-3-9-18-13/h11,14H,3-10H2,1-2H3. The molecule has 2 fully saturated rings. The van der Waals surface area contributed by atoms with Gasteiger partial charge in [0.05, 0.1) is 19.3 Å². The van der Waals surface area contributed by atoms with Crippen LogP contribution in [-0.2, 0) is 9.53 Å². The van der Waals surface area contributed by atoms with Crippen molar-refractivity contribution in [3.8, 4) is 0 Å². The Morgan fingerprint density at radius 1 is 1.50 bits per heavy atom. The summed E-state index contributed by atoms with van der Waals surface area (Å²) in [5.74, 6) is 1.47. The zero-order valence-corrected chi connectivity index (χ0v) is 12.2. The Balaban J connectivity index is 1.76. The van der Waals surface area contributed by atoms with Crippen molar-refractivity contribution in [2.45, 2.75) is 37.5 Å². The molecule has 1 amide bonds. The second-order valence-corrected chi connectivity index (χ2v) is 7.12. The molecule has 0 aromatic heterocycles. The van der Waals surface area contributed by atoms with Crippen LogP contribution < -0.4 is 5.32 Å². The van der Waals surface area contributed by atoms with Gasteiger partial charge < -0.3 is 15.0 Å². The van der Waals surface area contributed by atoms with Gasteiger partial charge in [0.2, 0.25) is 5.91 Å². The number of hydrogen-bond donors (Lipinski definition) is 1. The Labute approximate surface area is 114 Å². The molecule has 5 heteroatoms. The second-order valence-electron chi connectivity index (χ2n) is 5.44. The van der Waals surface area contributed by atoms with Gasteiger partial charge in [-0.15, -0.1) is 0 Å². The summed E-state index contributed by atoms with van der Waals surface area (Å²) >= 11 is 2.03. The van der Waals surface area contributed by atoms with Gasteiger partial charge in [-0.25, -0.2) is 0 Å². The second kappa shape index (κ2) is 6.26. The lowest BCUT2D eigenvalue weighted by molar-refractivity contribution is -0.137. The number of amides is 1. The minimum Gasteiger partial charge on any atom is -0.378 e. The summed E-state index contributed by atoms with van der Waals surface area (Å²) in [7, 11) is 0. The van der Waals surface area contributed by atoms with E-state index in [1.165, 1.54) is 18.6 Å². The van der Waals surface area contributed by atoms with Gasteiger partial charge in [0.25, 0.3) is 0 Å². The first-order chi connectivity index (χ1) is 8.61. The van der Waals surface area contributed by atoms with E-state index in [2.05, 4.69) is 12.2 Å². The maximum atomic E-state index is 12.2. The summed E-state index contributed by atoms with van der Waals surface area (Å²) < 4.78 is 5.59. The predicted octanol–water partition coefficient (Wildman–Crippen LogP) is 1.11. The lowest BCUT2D eigenvalue weighted by Gasteiger charge is -2.31. The molecule has 4 nitrogen and oxygen atoms in total. The van der Waals surface area contributed by atoms with Crippen LogP contribution >= 0.6 is 11.8 Å². The highest BCUT2D eigenvalue weighted by molar-refractivity contribution is 8.00. The molecule has 0 saturated carbocycles. The van der Waals surface area contributed by atoms with Crippen LogP contribution in [0.3, 0.4) is 0 Å². The van der Waals surface area contributed by atoms with Gasteiger partial charge in [0, 0.05) is 24.4 Å². The molecule has 2 heterocycles. The number of nitrogens with one attached hydrogen (secondary N) is 1. The molecule has 2 aliphatic heterocycles. The van der Waals surface area contributed by atoms with E-state index in [-0.39, 0.29) is 11.9 Å². The minimum atomic E-state index is -0.0823. The zero-order chi connectivity index (χ0) is 13.0. The van der Waals surface area contributed by atoms with E-state index in [0.29, 0.717) is 18.0 Å². The maximum Gasteiger partial charge on any atom is 0.239 e. The molecule has 0 bridgehead atoms. The van der Waals surface area contributed by atoms with Gasteiger partial charge in [-0.2, -0.15) is 11.8 Å². The van der Waals surface area contributed by atoms with Crippen LogP contribution in [0.1, 0.15) is 26.7 Å². The molecule has 0 spiro atoms. The molecule has 0 aromatic carbocycles. The van der Waals surface area contributed by atoms with Crippen LogP contribution in [-0.4, -0.2) is 60.2 Å². The quantitative estimate of drug-likeness (QED) is 0.832. The lowest BCUT2D eigenvalue weighted by atomic mass is 10.1. The monoisotopic (exact) mass is 272 g/mol. The third-order valence-electron chi connectivity index (χ3n) is 3.78. The average Bonchev–Trinajstić information content (AvgIpc) is 2.83. The van der Waals surface area contributed by atoms with E-state index in [9.17, 15) is 4.79 Å². The summed E-state index contributed by atoms with van der Waals surface area (Å²) in [5, 5.41) is 3.41. The van der Waals surface area contributed by atoms with Crippen molar-refractivity contribution < 1.29 is 9.53 Å². The molecule has 2 saturated heterocycles. The number of morpholine rings is 1. The van der Waals surface area contributed by atoms with Gasteiger partial charge in [-0.3, -0.25) is 4.79 Å². The highest BCUT2D eigenvalue weighted by atomic mass is 32.2. The maximum absolute atomic E-state index is 12.2. The van der Waals surface area contributed by atoms with Gasteiger partial charge in [0.15, 0.2) is 0 Å². The summed E-state index contributed by atoms with van der Waals surface area (Å²) in [6, 6.07) is -0.0823. The van der Waals surface area contributed by atoms with Crippen LogP contribution in [0.5, 0.6) is 0 Å². The van der Waals surface area contributed by atoms with E-state index < -0.39 is 0 Å². The highest BCUT2D eigenvalue weighted by Crippen LogP contribution is 2.37. The molecule has 0 radical (unpaired) electrons. The summed E-state index contributed by atoms with van der Waals surface area (Å²) in [6.45, 7) is 8.01. The Bertz CT molecular complexity index is 287. The first-order valence-corrected chi connectivity index (χ1v) is 7.83. The third kappa shape index (κ3) is 3.62. The van der Waals surface area contributed by atoms with Crippen molar-refractivity contribution in [3.05, 3.63) is 0 Å². The van der Waals surface area contributed by atoms with Crippen molar-refractivity contribution in [2.75, 3.05) is 38.6 Å². The molecule has 104 valence electrons. The average molecular weight is 272 g/mol. The molecule has 2 atom stereocenters. The number of rotatable bonds is 4. The highest BCUT2D eigenvalue weighted by Gasteiger charge is 2.31. The van der Waals surface area contributed by atoms with Crippen molar-refractivity contribution >= 4 is 17.7 Å². The van der Waals surface area contributed by atoms with Crippen LogP contribution in [0.2, 0.25) is 0 Å². The Kier molecular flexibility index (Phi) is 4.92. The molecule has 18 heavy (non-hydrogen) atoms. The van der Waals surface area contributed by atoms with Gasteiger partial charge in [-0.1, -0.05) is 0 Å². The normalized spacial score (nSPS) is 30.4. The van der Waals surface area contributed by atoms with Crippen molar-refractivity contribution in [3.63, 3.8) is 0 Å². The van der Waals surface area contributed by atoms with Crippen LogP contribution in [0.25, 0.3) is 0 Å². The Morgan fingerprint density at radius 3 is 2.83 bits per heavy atom. The molecule has 2 rings (SSSR count). The van der Waals surface area contributed by atoms with Crippen LogP contribution in [0, 0.1) is 0 Å².